The molecule has 26 heavy (non-hydrogen) atoms. The van der Waals surface area contributed by atoms with Gasteiger partial charge in [-0.15, -0.1) is 0 Å². The van der Waals surface area contributed by atoms with Crippen LogP contribution in [0.4, 0.5) is 5.95 Å². The smallest absolute Gasteiger partial charge is 0.206 e. The quantitative estimate of drug-likeness (QED) is 0.745. The molecule has 0 radical (unpaired) electrons. The zero-order chi connectivity index (χ0) is 17.7. The van der Waals surface area contributed by atoms with E-state index >= 15 is 0 Å². The first-order valence-corrected chi connectivity index (χ1v) is 9.38. The van der Waals surface area contributed by atoms with Crippen LogP contribution in [-0.4, -0.2) is 40.1 Å². The van der Waals surface area contributed by atoms with Crippen LogP contribution in [0.25, 0.3) is 11.3 Å². The van der Waals surface area contributed by atoms with Gasteiger partial charge in [-0.2, -0.15) is 4.98 Å². The van der Waals surface area contributed by atoms with Gasteiger partial charge in [0.2, 0.25) is 5.95 Å². The van der Waals surface area contributed by atoms with Crippen molar-refractivity contribution in [1.82, 2.24) is 25.3 Å². The minimum atomic E-state index is 0.314. The maximum Gasteiger partial charge on any atom is 0.206 e. The molecule has 0 saturated carbocycles. The Morgan fingerprint density at radius 1 is 1.19 bits per heavy atom. The van der Waals surface area contributed by atoms with E-state index < -0.39 is 0 Å². The van der Waals surface area contributed by atoms with Crippen molar-refractivity contribution < 1.29 is 0 Å². The molecule has 1 saturated heterocycles. The molecule has 6 heteroatoms. The molecule has 1 atom stereocenters. The Labute approximate surface area is 153 Å². The number of aromatic amines is 1. The summed E-state index contributed by atoms with van der Waals surface area (Å²) in [4.78, 5) is 19.2. The fraction of sp³-hybridized carbons (Fsp3) is 0.450. The van der Waals surface area contributed by atoms with Crippen LogP contribution in [0.15, 0.2) is 30.5 Å². The third-order valence-electron chi connectivity index (χ3n) is 6.18. The Kier molecular flexibility index (Phi) is 3.50. The van der Waals surface area contributed by atoms with Crippen molar-refractivity contribution in [2.24, 2.45) is 5.41 Å². The van der Waals surface area contributed by atoms with Gasteiger partial charge in [0.15, 0.2) is 11.3 Å². The number of nitrogens with one attached hydrogen (secondary N) is 2. The van der Waals surface area contributed by atoms with E-state index in [4.69, 9.17) is 0 Å². The van der Waals surface area contributed by atoms with Gasteiger partial charge < -0.3 is 15.2 Å². The third-order valence-corrected chi connectivity index (χ3v) is 6.18. The topological polar surface area (TPSA) is 69.7 Å². The number of aryl methyl sites for hydroxylation is 1. The first-order valence-electron chi connectivity index (χ1n) is 9.38. The average Bonchev–Trinajstić information content (AvgIpc) is 3.20. The van der Waals surface area contributed by atoms with Gasteiger partial charge in [-0.25, -0.2) is 9.97 Å². The number of anilines is 1. The second kappa shape index (κ2) is 5.77. The lowest BCUT2D eigenvalue weighted by Gasteiger charge is -2.43. The molecule has 2 aromatic heterocycles. The largest absolute Gasteiger partial charge is 0.342 e. The van der Waals surface area contributed by atoms with Crippen LogP contribution in [0, 0.1) is 12.3 Å². The first-order chi connectivity index (χ1) is 12.7. The summed E-state index contributed by atoms with van der Waals surface area (Å²) in [6, 6.07) is 9.35. The standard InChI is InChI=1S/C20H24N6/c1-13-12-22-17-18(23-13)25-19(24-17)26-9-7-20(8-10-26)11-14-5-3-4-6-15(14)16(20)21-2/h3-6,12,16,21H,7-11H2,1-2H3,(H,22,23,24,25). The van der Waals surface area contributed by atoms with E-state index in [1.807, 2.05) is 6.92 Å². The average molecular weight is 348 g/mol. The number of imidazole rings is 1. The van der Waals surface area contributed by atoms with E-state index in [1.54, 1.807) is 6.20 Å². The molecule has 6 nitrogen and oxygen atoms in total. The van der Waals surface area contributed by atoms with Crippen molar-refractivity contribution in [3.05, 3.63) is 47.3 Å². The van der Waals surface area contributed by atoms with Crippen molar-refractivity contribution in [2.45, 2.75) is 32.2 Å². The summed E-state index contributed by atoms with van der Waals surface area (Å²) in [5.41, 5.74) is 5.68. The number of piperidine rings is 1. The number of hydrogen-bond acceptors (Lipinski definition) is 5. The second-order valence-electron chi connectivity index (χ2n) is 7.69. The highest BCUT2D eigenvalue weighted by Crippen LogP contribution is 2.51. The molecule has 2 N–H and O–H groups in total. The van der Waals surface area contributed by atoms with Gasteiger partial charge in [0, 0.05) is 19.1 Å². The predicted molar refractivity (Wildman–Crippen MR) is 102 cm³/mol. The lowest BCUT2D eigenvalue weighted by Crippen LogP contribution is -2.45. The molecule has 0 bridgehead atoms. The molecule has 5 rings (SSSR count). The van der Waals surface area contributed by atoms with Crippen LogP contribution in [0.2, 0.25) is 0 Å². The molecule has 1 spiro atoms. The summed E-state index contributed by atoms with van der Waals surface area (Å²) in [5, 5.41) is 3.60. The van der Waals surface area contributed by atoms with Gasteiger partial charge in [-0.1, -0.05) is 24.3 Å². The number of fused-ring (bicyclic) bond motifs is 2. The van der Waals surface area contributed by atoms with E-state index in [9.17, 15) is 0 Å². The molecule has 1 aliphatic heterocycles. The van der Waals surface area contributed by atoms with Crippen molar-refractivity contribution >= 4 is 17.2 Å². The van der Waals surface area contributed by atoms with Crippen molar-refractivity contribution in [1.29, 1.82) is 0 Å². The molecule has 1 aliphatic carbocycles. The first kappa shape index (κ1) is 15.8. The highest BCUT2D eigenvalue weighted by atomic mass is 15.3. The highest BCUT2D eigenvalue weighted by Gasteiger charge is 2.47. The molecule has 1 unspecified atom stereocenters. The number of H-pyrrole nitrogens is 1. The van der Waals surface area contributed by atoms with Gasteiger partial charge in [0.25, 0.3) is 0 Å². The Morgan fingerprint density at radius 3 is 2.81 bits per heavy atom. The summed E-state index contributed by atoms with van der Waals surface area (Å²) in [6.07, 6.45) is 5.27. The summed E-state index contributed by atoms with van der Waals surface area (Å²) >= 11 is 0. The van der Waals surface area contributed by atoms with Gasteiger partial charge >= 0.3 is 0 Å². The lowest BCUT2D eigenvalue weighted by atomic mass is 9.73. The van der Waals surface area contributed by atoms with Crippen LogP contribution in [0.3, 0.4) is 0 Å². The normalized spacial score (nSPS) is 21.5. The third kappa shape index (κ3) is 2.32. The maximum absolute atomic E-state index is 4.67. The molecular formula is C20H24N6. The van der Waals surface area contributed by atoms with Crippen LogP contribution in [0.1, 0.15) is 35.7 Å². The van der Waals surface area contributed by atoms with Gasteiger partial charge in [-0.05, 0) is 49.8 Å². The summed E-state index contributed by atoms with van der Waals surface area (Å²) < 4.78 is 0. The van der Waals surface area contributed by atoms with Crippen molar-refractivity contribution in [3.8, 4) is 0 Å². The second-order valence-corrected chi connectivity index (χ2v) is 7.69. The van der Waals surface area contributed by atoms with E-state index in [2.05, 4.69) is 61.5 Å². The lowest BCUT2D eigenvalue weighted by molar-refractivity contribution is 0.166. The van der Waals surface area contributed by atoms with E-state index in [0.29, 0.717) is 17.1 Å². The number of aromatic nitrogens is 4. The van der Waals surface area contributed by atoms with Crippen LogP contribution in [-0.2, 0) is 6.42 Å². The summed E-state index contributed by atoms with van der Waals surface area (Å²) in [7, 11) is 2.10. The van der Waals surface area contributed by atoms with Crippen LogP contribution in [0.5, 0.6) is 0 Å². The van der Waals surface area contributed by atoms with E-state index in [1.165, 1.54) is 17.5 Å². The highest BCUT2D eigenvalue weighted by molar-refractivity contribution is 5.69. The predicted octanol–water partition coefficient (Wildman–Crippen LogP) is 2.76. The van der Waals surface area contributed by atoms with Crippen LogP contribution < -0.4 is 10.2 Å². The van der Waals surface area contributed by atoms with Crippen molar-refractivity contribution in [3.63, 3.8) is 0 Å². The maximum atomic E-state index is 4.67. The minimum absolute atomic E-state index is 0.314. The van der Waals surface area contributed by atoms with Crippen molar-refractivity contribution in [2.75, 3.05) is 25.0 Å². The SMILES string of the molecule is CNC1c2ccccc2CC12CCN(c1nc3nc(C)cnc3[nH]1)CC2. The zero-order valence-electron chi connectivity index (χ0n) is 15.3. The molecule has 3 heterocycles. The Morgan fingerprint density at radius 2 is 2.00 bits per heavy atom. The molecule has 0 amide bonds. The van der Waals surface area contributed by atoms with Gasteiger partial charge in [-0.3, -0.25) is 0 Å². The van der Waals surface area contributed by atoms with E-state index in [0.717, 1.165) is 43.2 Å². The molecule has 3 aromatic rings. The van der Waals surface area contributed by atoms with Gasteiger partial charge in [0.05, 0.1) is 11.9 Å². The molecule has 1 aromatic carbocycles. The monoisotopic (exact) mass is 348 g/mol. The zero-order valence-corrected chi connectivity index (χ0v) is 15.3. The summed E-state index contributed by atoms with van der Waals surface area (Å²) in [5.74, 6) is 0.900. The number of hydrogen-bond donors (Lipinski definition) is 2. The fourth-order valence-corrected chi connectivity index (χ4v) is 4.89. The van der Waals surface area contributed by atoms with E-state index in [-0.39, 0.29) is 0 Å². The minimum Gasteiger partial charge on any atom is -0.342 e. The molecular weight excluding hydrogens is 324 g/mol. The summed E-state index contributed by atoms with van der Waals surface area (Å²) in [6.45, 7) is 3.96. The van der Waals surface area contributed by atoms with Gasteiger partial charge in [0.1, 0.15) is 0 Å². The number of nitrogens with zero attached hydrogens (tertiary/aromatic N) is 4. The Bertz CT molecular complexity index is 954. The molecule has 2 aliphatic rings. The Balaban J connectivity index is 1.39. The fourth-order valence-electron chi connectivity index (χ4n) is 4.89. The number of rotatable bonds is 2. The Hall–Kier alpha value is -2.47. The van der Waals surface area contributed by atoms with Crippen LogP contribution >= 0.6 is 0 Å². The number of benzene rings is 1. The molecule has 134 valence electrons. The molecule has 1 fully saturated rings.